The molecule has 9 nitrogen and oxygen atoms in total. The van der Waals surface area contributed by atoms with Crippen molar-refractivity contribution in [1.82, 2.24) is 4.90 Å². The SMILES string of the molecule is CCOc1ccc(NC(=O)COc2ccc(C(=O)N(CC)CC)cc2)c([N+](=O)[O-])c1. The Morgan fingerprint density at radius 1 is 1.00 bits per heavy atom. The number of nitro groups is 1. The summed E-state index contributed by atoms with van der Waals surface area (Å²) in [6.07, 6.45) is 0. The number of hydrogen-bond acceptors (Lipinski definition) is 6. The Morgan fingerprint density at radius 2 is 1.63 bits per heavy atom. The summed E-state index contributed by atoms with van der Waals surface area (Å²) in [6, 6.07) is 10.7. The lowest BCUT2D eigenvalue weighted by molar-refractivity contribution is -0.384. The molecule has 0 bridgehead atoms. The van der Waals surface area contributed by atoms with E-state index in [2.05, 4.69) is 5.32 Å². The van der Waals surface area contributed by atoms with Gasteiger partial charge in [0.05, 0.1) is 17.6 Å². The van der Waals surface area contributed by atoms with Crippen LogP contribution in [-0.4, -0.2) is 47.9 Å². The smallest absolute Gasteiger partial charge is 0.296 e. The fourth-order valence-electron chi connectivity index (χ4n) is 2.75. The third-order valence-corrected chi connectivity index (χ3v) is 4.27. The van der Waals surface area contributed by atoms with Crippen molar-refractivity contribution in [2.45, 2.75) is 20.8 Å². The largest absolute Gasteiger partial charge is 0.494 e. The second-order valence-corrected chi connectivity index (χ2v) is 6.21. The van der Waals surface area contributed by atoms with E-state index in [0.717, 1.165) is 0 Å². The van der Waals surface area contributed by atoms with Gasteiger partial charge in [0.1, 0.15) is 17.2 Å². The van der Waals surface area contributed by atoms with Crippen LogP contribution in [0.3, 0.4) is 0 Å². The average molecular weight is 415 g/mol. The van der Waals surface area contributed by atoms with Gasteiger partial charge in [0, 0.05) is 18.7 Å². The van der Waals surface area contributed by atoms with Crippen molar-refractivity contribution in [3.8, 4) is 11.5 Å². The van der Waals surface area contributed by atoms with E-state index in [1.807, 2.05) is 13.8 Å². The van der Waals surface area contributed by atoms with Crippen LogP contribution in [0.1, 0.15) is 31.1 Å². The maximum Gasteiger partial charge on any atom is 0.296 e. The molecule has 0 heterocycles. The van der Waals surface area contributed by atoms with Gasteiger partial charge < -0.3 is 19.7 Å². The first-order valence-electron chi connectivity index (χ1n) is 9.62. The zero-order chi connectivity index (χ0) is 22.1. The molecule has 0 spiro atoms. The Kier molecular flexibility index (Phi) is 8.16. The minimum absolute atomic E-state index is 0.0530. The van der Waals surface area contributed by atoms with Crippen molar-refractivity contribution >= 4 is 23.2 Å². The first-order chi connectivity index (χ1) is 14.4. The minimum atomic E-state index is -0.593. The third kappa shape index (κ3) is 5.94. The fraction of sp³-hybridized carbons (Fsp3) is 0.333. The van der Waals surface area contributed by atoms with E-state index in [1.54, 1.807) is 42.2 Å². The van der Waals surface area contributed by atoms with Gasteiger partial charge in [0.15, 0.2) is 6.61 Å². The molecule has 0 radical (unpaired) electrons. The molecule has 0 atom stereocenters. The first-order valence-corrected chi connectivity index (χ1v) is 9.62. The molecule has 0 unspecified atom stereocenters. The zero-order valence-electron chi connectivity index (χ0n) is 17.2. The molecule has 1 N–H and O–H groups in total. The van der Waals surface area contributed by atoms with Crippen LogP contribution in [0.5, 0.6) is 11.5 Å². The molecule has 2 rings (SSSR count). The molecule has 0 fully saturated rings. The van der Waals surface area contributed by atoms with Crippen LogP contribution in [0.15, 0.2) is 42.5 Å². The molecule has 0 aliphatic rings. The standard InChI is InChI=1S/C21H25N3O6/c1-4-23(5-2)21(26)15-7-9-16(10-8-15)30-14-20(25)22-18-12-11-17(29-6-3)13-19(18)24(27)28/h7-13H,4-6,14H2,1-3H3,(H,22,25). The van der Waals surface area contributed by atoms with Gasteiger partial charge in [-0.25, -0.2) is 0 Å². The normalized spacial score (nSPS) is 10.2. The number of amides is 2. The fourth-order valence-corrected chi connectivity index (χ4v) is 2.75. The van der Waals surface area contributed by atoms with Crippen molar-refractivity contribution in [3.63, 3.8) is 0 Å². The van der Waals surface area contributed by atoms with E-state index in [4.69, 9.17) is 9.47 Å². The highest BCUT2D eigenvalue weighted by Crippen LogP contribution is 2.29. The molecular formula is C21H25N3O6. The lowest BCUT2D eigenvalue weighted by Gasteiger charge is -2.18. The van der Waals surface area contributed by atoms with E-state index in [0.29, 0.717) is 36.8 Å². The number of hydrogen-bond donors (Lipinski definition) is 1. The highest BCUT2D eigenvalue weighted by molar-refractivity contribution is 5.95. The summed E-state index contributed by atoms with van der Waals surface area (Å²) in [7, 11) is 0. The molecule has 9 heteroatoms. The zero-order valence-corrected chi connectivity index (χ0v) is 17.2. The van der Waals surface area contributed by atoms with Crippen LogP contribution < -0.4 is 14.8 Å². The molecule has 0 saturated carbocycles. The summed E-state index contributed by atoms with van der Waals surface area (Å²) in [6.45, 7) is 6.85. The van der Waals surface area contributed by atoms with Crippen molar-refractivity contribution in [2.75, 3.05) is 31.6 Å². The molecule has 160 valence electrons. The van der Waals surface area contributed by atoms with Gasteiger partial charge in [0.2, 0.25) is 0 Å². The van der Waals surface area contributed by atoms with E-state index in [1.165, 1.54) is 12.1 Å². The van der Waals surface area contributed by atoms with Crippen LogP contribution in [0.2, 0.25) is 0 Å². The number of nitrogens with one attached hydrogen (secondary N) is 1. The average Bonchev–Trinajstić information content (AvgIpc) is 2.74. The molecule has 30 heavy (non-hydrogen) atoms. The Bertz CT molecular complexity index is 894. The molecule has 0 aliphatic heterocycles. The predicted octanol–water partition coefficient (Wildman–Crippen LogP) is 3.49. The van der Waals surface area contributed by atoms with Gasteiger partial charge in [-0.05, 0) is 57.2 Å². The van der Waals surface area contributed by atoms with Crippen molar-refractivity contribution in [3.05, 3.63) is 58.1 Å². The van der Waals surface area contributed by atoms with Gasteiger partial charge in [0.25, 0.3) is 17.5 Å². The third-order valence-electron chi connectivity index (χ3n) is 4.27. The number of carbonyl (C=O) groups excluding carboxylic acids is 2. The van der Waals surface area contributed by atoms with E-state index >= 15 is 0 Å². The number of rotatable bonds is 10. The maximum absolute atomic E-state index is 12.3. The molecule has 2 aromatic rings. The van der Waals surface area contributed by atoms with Crippen LogP contribution in [0.25, 0.3) is 0 Å². The Balaban J connectivity index is 1.98. The predicted molar refractivity (Wildman–Crippen MR) is 112 cm³/mol. The maximum atomic E-state index is 12.3. The Hall–Kier alpha value is -3.62. The molecule has 0 saturated heterocycles. The number of nitrogens with zero attached hydrogens (tertiary/aromatic N) is 2. The number of benzene rings is 2. The van der Waals surface area contributed by atoms with Crippen molar-refractivity contribution < 1.29 is 24.0 Å². The molecular weight excluding hydrogens is 390 g/mol. The summed E-state index contributed by atoms with van der Waals surface area (Å²) in [4.78, 5) is 36.8. The number of ether oxygens (including phenoxy) is 2. The Labute approximate surface area is 174 Å². The second kappa shape index (κ2) is 10.8. The van der Waals surface area contributed by atoms with Crippen molar-refractivity contribution in [1.29, 1.82) is 0 Å². The Morgan fingerprint density at radius 3 is 2.20 bits per heavy atom. The molecule has 2 aromatic carbocycles. The first kappa shape index (κ1) is 22.7. The molecule has 0 aromatic heterocycles. The summed E-state index contributed by atoms with van der Waals surface area (Å²) in [5, 5.41) is 13.7. The molecule has 2 amide bonds. The van der Waals surface area contributed by atoms with Crippen LogP contribution in [0, 0.1) is 10.1 Å². The summed E-state index contributed by atoms with van der Waals surface area (Å²) in [5.41, 5.74) is 0.311. The van der Waals surface area contributed by atoms with Crippen molar-refractivity contribution in [2.24, 2.45) is 0 Å². The van der Waals surface area contributed by atoms with Crippen LogP contribution in [0.4, 0.5) is 11.4 Å². The lowest BCUT2D eigenvalue weighted by Crippen LogP contribution is -2.30. The van der Waals surface area contributed by atoms with E-state index in [9.17, 15) is 19.7 Å². The van der Waals surface area contributed by atoms with Gasteiger partial charge >= 0.3 is 0 Å². The highest BCUT2D eigenvalue weighted by Gasteiger charge is 2.18. The summed E-state index contributed by atoms with van der Waals surface area (Å²) >= 11 is 0. The highest BCUT2D eigenvalue weighted by atomic mass is 16.6. The van der Waals surface area contributed by atoms with Gasteiger partial charge in [-0.1, -0.05) is 0 Å². The number of anilines is 1. The second-order valence-electron chi connectivity index (χ2n) is 6.21. The van der Waals surface area contributed by atoms with Gasteiger partial charge in [-0.3, -0.25) is 19.7 Å². The number of nitro benzene ring substituents is 1. The quantitative estimate of drug-likeness (QED) is 0.470. The van der Waals surface area contributed by atoms with E-state index in [-0.39, 0.29) is 23.9 Å². The monoisotopic (exact) mass is 415 g/mol. The van der Waals surface area contributed by atoms with Crippen LogP contribution >= 0.6 is 0 Å². The van der Waals surface area contributed by atoms with E-state index < -0.39 is 10.8 Å². The van der Waals surface area contributed by atoms with Gasteiger partial charge in [-0.2, -0.15) is 0 Å². The van der Waals surface area contributed by atoms with Crippen LogP contribution in [-0.2, 0) is 4.79 Å². The summed E-state index contributed by atoms with van der Waals surface area (Å²) < 4.78 is 10.7. The number of carbonyl (C=O) groups is 2. The topological polar surface area (TPSA) is 111 Å². The lowest BCUT2D eigenvalue weighted by atomic mass is 10.2. The van der Waals surface area contributed by atoms with Gasteiger partial charge in [-0.15, -0.1) is 0 Å². The minimum Gasteiger partial charge on any atom is -0.494 e. The molecule has 0 aliphatic carbocycles. The summed E-state index contributed by atoms with van der Waals surface area (Å²) in [5.74, 6) is 0.123.